The van der Waals surface area contributed by atoms with E-state index in [2.05, 4.69) is 23.9 Å². The number of aromatic nitrogens is 3. The van der Waals surface area contributed by atoms with Gasteiger partial charge < -0.3 is 5.11 Å². The van der Waals surface area contributed by atoms with E-state index in [9.17, 15) is 5.11 Å². The molecule has 2 heterocycles. The van der Waals surface area contributed by atoms with Crippen molar-refractivity contribution in [1.29, 1.82) is 0 Å². The molecule has 0 saturated carbocycles. The van der Waals surface area contributed by atoms with Crippen LogP contribution in [0.1, 0.15) is 31.0 Å². The fraction of sp³-hybridized carbons (Fsp3) is 0.333. The quantitative estimate of drug-likeness (QED) is 0.854. The molecule has 0 aliphatic heterocycles. The van der Waals surface area contributed by atoms with Gasteiger partial charge in [-0.3, -0.25) is 4.98 Å². The van der Waals surface area contributed by atoms with Crippen molar-refractivity contribution in [3.8, 4) is 5.69 Å². The first-order chi connectivity index (χ1) is 7.72. The molecule has 0 radical (unpaired) electrons. The standard InChI is InChI=1S/C12H15N3O/c1-9(2)11-4-6-15(14-11)12-3-5-13-7-10(12)8-16/h3-7,9,16H,8H2,1-2H3. The Bertz CT molecular complexity index is 477. The van der Waals surface area contributed by atoms with E-state index in [1.807, 2.05) is 18.3 Å². The highest BCUT2D eigenvalue weighted by Gasteiger charge is 2.07. The number of rotatable bonds is 3. The SMILES string of the molecule is CC(C)c1ccn(-c2ccncc2CO)n1. The van der Waals surface area contributed by atoms with Gasteiger partial charge in [-0.05, 0) is 18.1 Å². The molecule has 1 N–H and O–H groups in total. The molecule has 16 heavy (non-hydrogen) atoms. The van der Waals surface area contributed by atoms with Crippen LogP contribution in [-0.2, 0) is 6.61 Å². The number of pyridine rings is 1. The van der Waals surface area contributed by atoms with Gasteiger partial charge in [0.25, 0.3) is 0 Å². The second-order valence-electron chi connectivity index (χ2n) is 4.00. The molecular formula is C12H15N3O. The van der Waals surface area contributed by atoms with Gasteiger partial charge in [0, 0.05) is 24.2 Å². The average Bonchev–Trinajstić information content (AvgIpc) is 2.78. The Hall–Kier alpha value is -1.68. The molecule has 0 unspecified atom stereocenters. The largest absolute Gasteiger partial charge is 0.392 e. The van der Waals surface area contributed by atoms with E-state index in [4.69, 9.17) is 0 Å². The number of nitrogens with zero attached hydrogens (tertiary/aromatic N) is 3. The lowest BCUT2D eigenvalue weighted by atomic mass is 10.1. The van der Waals surface area contributed by atoms with Crippen LogP contribution in [0.25, 0.3) is 5.69 Å². The molecule has 0 spiro atoms. The summed E-state index contributed by atoms with van der Waals surface area (Å²) in [7, 11) is 0. The van der Waals surface area contributed by atoms with Gasteiger partial charge in [-0.25, -0.2) is 4.68 Å². The van der Waals surface area contributed by atoms with Crippen LogP contribution in [0.3, 0.4) is 0 Å². The van der Waals surface area contributed by atoms with Crippen molar-refractivity contribution in [2.75, 3.05) is 0 Å². The maximum Gasteiger partial charge on any atom is 0.0731 e. The fourth-order valence-electron chi connectivity index (χ4n) is 1.55. The molecule has 0 atom stereocenters. The zero-order chi connectivity index (χ0) is 11.5. The van der Waals surface area contributed by atoms with Gasteiger partial charge in [0.2, 0.25) is 0 Å². The minimum absolute atomic E-state index is 0.0277. The van der Waals surface area contributed by atoms with E-state index < -0.39 is 0 Å². The highest BCUT2D eigenvalue weighted by atomic mass is 16.3. The summed E-state index contributed by atoms with van der Waals surface area (Å²) in [5, 5.41) is 13.7. The summed E-state index contributed by atoms with van der Waals surface area (Å²) in [5.41, 5.74) is 2.70. The van der Waals surface area contributed by atoms with Gasteiger partial charge in [-0.15, -0.1) is 0 Å². The van der Waals surface area contributed by atoms with Crippen molar-refractivity contribution in [3.63, 3.8) is 0 Å². The third-order valence-corrected chi connectivity index (χ3v) is 2.50. The maximum absolute atomic E-state index is 9.21. The summed E-state index contributed by atoms with van der Waals surface area (Å²) in [4.78, 5) is 3.98. The molecule has 0 amide bonds. The van der Waals surface area contributed by atoms with Gasteiger partial charge >= 0.3 is 0 Å². The van der Waals surface area contributed by atoms with Crippen LogP contribution in [0.5, 0.6) is 0 Å². The molecule has 0 aliphatic carbocycles. The van der Waals surface area contributed by atoms with Crippen molar-refractivity contribution in [2.24, 2.45) is 0 Å². The summed E-state index contributed by atoms with van der Waals surface area (Å²) < 4.78 is 1.78. The molecule has 0 fully saturated rings. The zero-order valence-electron chi connectivity index (χ0n) is 9.46. The average molecular weight is 217 g/mol. The highest BCUT2D eigenvalue weighted by molar-refractivity contribution is 5.37. The van der Waals surface area contributed by atoms with E-state index in [-0.39, 0.29) is 6.61 Å². The van der Waals surface area contributed by atoms with E-state index in [1.54, 1.807) is 17.1 Å². The topological polar surface area (TPSA) is 50.9 Å². The number of hydrogen-bond acceptors (Lipinski definition) is 3. The van der Waals surface area contributed by atoms with E-state index in [0.717, 1.165) is 16.9 Å². The van der Waals surface area contributed by atoms with Gasteiger partial charge in [0.15, 0.2) is 0 Å². The number of aliphatic hydroxyl groups excluding tert-OH is 1. The monoisotopic (exact) mass is 217 g/mol. The van der Waals surface area contributed by atoms with Crippen molar-refractivity contribution < 1.29 is 5.11 Å². The van der Waals surface area contributed by atoms with Crippen molar-refractivity contribution in [3.05, 3.63) is 42.0 Å². The van der Waals surface area contributed by atoms with Crippen LogP contribution < -0.4 is 0 Å². The Morgan fingerprint density at radius 1 is 1.38 bits per heavy atom. The molecule has 4 heteroatoms. The first-order valence-electron chi connectivity index (χ1n) is 5.32. The Morgan fingerprint density at radius 3 is 2.81 bits per heavy atom. The van der Waals surface area contributed by atoms with Gasteiger partial charge in [0.05, 0.1) is 18.0 Å². The summed E-state index contributed by atoms with van der Waals surface area (Å²) >= 11 is 0. The van der Waals surface area contributed by atoms with Crippen LogP contribution >= 0.6 is 0 Å². The van der Waals surface area contributed by atoms with E-state index in [1.165, 1.54) is 0 Å². The van der Waals surface area contributed by atoms with E-state index >= 15 is 0 Å². The summed E-state index contributed by atoms with van der Waals surface area (Å²) in [5.74, 6) is 0.403. The Morgan fingerprint density at radius 2 is 2.19 bits per heavy atom. The Labute approximate surface area is 94.6 Å². The van der Waals surface area contributed by atoms with Crippen LogP contribution in [0.2, 0.25) is 0 Å². The molecule has 2 rings (SSSR count). The molecule has 0 saturated heterocycles. The summed E-state index contributed by atoms with van der Waals surface area (Å²) in [6, 6.07) is 3.84. The molecule has 0 bridgehead atoms. The van der Waals surface area contributed by atoms with Gasteiger partial charge in [-0.2, -0.15) is 5.10 Å². The predicted molar refractivity (Wildman–Crippen MR) is 61.4 cm³/mol. The molecule has 2 aromatic rings. The van der Waals surface area contributed by atoms with Crippen LogP contribution in [-0.4, -0.2) is 19.9 Å². The molecule has 84 valence electrons. The Kier molecular flexibility index (Phi) is 3.01. The van der Waals surface area contributed by atoms with Crippen LogP contribution in [0.15, 0.2) is 30.7 Å². The molecule has 0 aromatic carbocycles. The number of aliphatic hydroxyl groups is 1. The second-order valence-corrected chi connectivity index (χ2v) is 4.00. The lowest BCUT2D eigenvalue weighted by Gasteiger charge is -2.06. The first-order valence-corrected chi connectivity index (χ1v) is 5.32. The van der Waals surface area contributed by atoms with Crippen LogP contribution in [0, 0.1) is 0 Å². The normalized spacial score (nSPS) is 11.0. The zero-order valence-corrected chi connectivity index (χ0v) is 9.46. The molecular weight excluding hydrogens is 202 g/mol. The lowest BCUT2D eigenvalue weighted by molar-refractivity contribution is 0.281. The molecule has 2 aromatic heterocycles. The van der Waals surface area contributed by atoms with Gasteiger partial charge in [0.1, 0.15) is 0 Å². The lowest BCUT2D eigenvalue weighted by Crippen LogP contribution is -2.02. The minimum Gasteiger partial charge on any atom is -0.392 e. The first kappa shape index (κ1) is 10.8. The number of hydrogen-bond donors (Lipinski definition) is 1. The third kappa shape index (κ3) is 1.97. The molecule has 4 nitrogen and oxygen atoms in total. The van der Waals surface area contributed by atoms with Crippen molar-refractivity contribution >= 4 is 0 Å². The predicted octanol–water partition coefficient (Wildman–Crippen LogP) is 1.88. The third-order valence-electron chi connectivity index (χ3n) is 2.50. The van der Waals surface area contributed by atoms with Gasteiger partial charge in [-0.1, -0.05) is 13.8 Å². The summed E-state index contributed by atoms with van der Waals surface area (Å²) in [6.45, 7) is 4.18. The van der Waals surface area contributed by atoms with Crippen molar-refractivity contribution in [1.82, 2.24) is 14.8 Å². The van der Waals surface area contributed by atoms with Crippen LogP contribution in [0.4, 0.5) is 0 Å². The fourth-order valence-corrected chi connectivity index (χ4v) is 1.55. The second kappa shape index (κ2) is 4.45. The Balaban J connectivity index is 2.42. The highest BCUT2D eigenvalue weighted by Crippen LogP contribution is 2.16. The molecule has 0 aliphatic rings. The smallest absolute Gasteiger partial charge is 0.0731 e. The summed E-state index contributed by atoms with van der Waals surface area (Å²) in [6.07, 6.45) is 5.26. The maximum atomic E-state index is 9.21. The van der Waals surface area contributed by atoms with E-state index in [0.29, 0.717) is 5.92 Å². The minimum atomic E-state index is -0.0277. The van der Waals surface area contributed by atoms with Crippen molar-refractivity contribution in [2.45, 2.75) is 26.4 Å².